The van der Waals surface area contributed by atoms with Gasteiger partial charge in [0.25, 0.3) is 0 Å². The van der Waals surface area contributed by atoms with Crippen molar-refractivity contribution in [2.45, 2.75) is 4.90 Å². The summed E-state index contributed by atoms with van der Waals surface area (Å²) in [6.45, 7) is 0. The molecule has 0 aliphatic rings. The van der Waals surface area contributed by atoms with Crippen molar-refractivity contribution in [1.29, 1.82) is 0 Å². The number of aromatic nitrogens is 1. The minimum atomic E-state index is -0.956. The Morgan fingerprint density at radius 2 is 2.12 bits per heavy atom. The SMILES string of the molecule is CSc1cccc(-c2ncccc2C(=O)O)c1. The largest absolute Gasteiger partial charge is 0.478 e. The van der Waals surface area contributed by atoms with Gasteiger partial charge in [-0.15, -0.1) is 11.8 Å². The Morgan fingerprint density at radius 3 is 2.82 bits per heavy atom. The molecule has 86 valence electrons. The van der Waals surface area contributed by atoms with Crippen molar-refractivity contribution in [1.82, 2.24) is 4.98 Å². The maximum Gasteiger partial charge on any atom is 0.337 e. The van der Waals surface area contributed by atoms with Crippen LogP contribution in [0, 0.1) is 0 Å². The molecule has 0 amide bonds. The molecule has 1 N–H and O–H groups in total. The molecule has 17 heavy (non-hydrogen) atoms. The number of hydrogen-bond donors (Lipinski definition) is 1. The first kappa shape index (κ1) is 11.7. The molecule has 2 rings (SSSR count). The lowest BCUT2D eigenvalue weighted by atomic mass is 10.1. The second-order valence-corrected chi connectivity index (χ2v) is 4.32. The number of carboxylic acids is 1. The van der Waals surface area contributed by atoms with Crippen LogP contribution in [0.15, 0.2) is 47.5 Å². The Morgan fingerprint density at radius 1 is 1.29 bits per heavy atom. The monoisotopic (exact) mass is 245 g/mol. The van der Waals surface area contributed by atoms with Crippen LogP contribution in [0.4, 0.5) is 0 Å². The Bertz CT molecular complexity index is 555. The van der Waals surface area contributed by atoms with Crippen LogP contribution in [0.3, 0.4) is 0 Å². The summed E-state index contributed by atoms with van der Waals surface area (Å²) in [4.78, 5) is 16.3. The molecule has 0 saturated carbocycles. The lowest BCUT2D eigenvalue weighted by molar-refractivity contribution is 0.0697. The molecule has 0 aliphatic carbocycles. The first-order chi connectivity index (χ1) is 8.22. The van der Waals surface area contributed by atoms with Gasteiger partial charge in [-0.25, -0.2) is 4.79 Å². The summed E-state index contributed by atoms with van der Waals surface area (Å²) in [7, 11) is 0. The molecule has 0 unspecified atom stereocenters. The van der Waals surface area contributed by atoms with Crippen molar-refractivity contribution in [3.8, 4) is 11.3 Å². The van der Waals surface area contributed by atoms with Gasteiger partial charge in [0, 0.05) is 16.7 Å². The van der Waals surface area contributed by atoms with Crippen molar-refractivity contribution in [3.63, 3.8) is 0 Å². The Balaban J connectivity index is 2.56. The number of carboxylic acid groups (broad SMARTS) is 1. The van der Waals surface area contributed by atoms with Gasteiger partial charge in [0.2, 0.25) is 0 Å². The molecule has 0 bridgehead atoms. The topological polar surface area (TPSA) is 50.2 Å². The smallest absolute Gasteiger partial charge is 0.337 e. The van der Waals surface area contributed by atoms with Crippen LogP contribution in [0.2, 0.25) is 0 Å². The van der Waals surface area contributed by atoms with Crippen LogP contribution in [0.1, 0.15) is 10.4 Å². The van der Waals surface area contributed by atoms with Gasteiger partial charge in [-0.3, -0.25) is 4.98 Å². The lowest BCUT2D eigenvalue weighted by Crippen LogP contribution is -2.00. The number of hydrogen-bond acceptors (Lipinski definition) is 3. The maximum absolute atomic E-state index is 11.1. The second-order valence-electron chi connectivity index (χ2n) is 3.44. The summed E-state index contributed by atoms with van der Waals surface area (Å²) < 4.78 is 0. The van der Waals surface area contributed by atoms with Crippen LogP contribution in [0.5, 0.6) is 0 Å². The third kappa shape index (κ3) is 2.47. The van der Waals surface area contributed by atoms with Gasteiger partial charge >= 0.3 is 5.97 Å². The van der Waals surface area contributed by atoms with E-state index in [4.69, 9.17) is 5.11 Å². The molecule has 0 saturated heterocycles. The van der Waals surface area contributed by atoms with Gasteiger partial charge in [0.1, 0.15) is 0 Å². The van der Waals surface area contributed by atoms with Crippen LogP contribution < -0.4 is 0 Å². The standard InChI is InChI=1S/C13H11NO2S/c1-17-10-5-2-4-9(8-10)12-11(13(15)16)6-3-7-14-12/h2-8H,1H3,(H,15,16). The number of aromatic carboxylic acids is 1. The summed E-state index contributed by atoms with van der Waals surface area (Å²) in [6.07, 6.45) is 3.59. The van der Waals surface area contributed by atoms with Gasteiger partial charge in [0.15, 0.2) is 0 Å². The van der Waals surface area contributed by atoms with Crippen molar-refractivity contribution in [2.24, 2.45) is 0 Å². The number of thioether (sulfide) groups is 1. The van der Waals surface area contributed by atoms with Crippen LogP contribution >= 0.6 is 11.8 Å². The third-order valence-corrected chi connectivity index (χ3v) is 3.11. The van der Waals surface area contributed by atoms with Crippen LogP contribution in [-0.2, 0) is 0 Å². The highest BCUT2D eigenvalue weighted by Crippen LogP contribution is 2.25. The molecule has 0 spiro atoms. The molecule has 1 heterocycles. The van der Waals surface area contributed by atoms with Gasteiger partial charge in [0.05, 0.1) is 11.3 Å². The predicted molar refractivity (Wildman–Crippen MR) is 68.4 cm³/mol. The number of benzene rings is 1. The third-order valence-electron chi connectivity index (χ3n) is 2.38. The predicted octanol–water partition coefficient (Wildman–Crippen LogP) is 3.17. The average molecular weight is 245 g/mol. The molecule has 0 radical (unpaired) electrons. The molecule has 0 aliphatic heterocycles. The Kier molecular flexibility index (Phi) is 3.44. The maximum atomic E-state index is 11.1. The van der Waals surface area contributed by atoms with Gasteiger partial charge in [-0.05, 0) is 30.5 Å². The number of nitrogens with zero attached hydrogens (tertiary/aromatic N) is 1. The normalized spacial score (nSPS) is 10.2. The number of pyridine rings is 1. The van der Waals surface area contributed by atoms with E-state index in [1.54, 1.807) is 30.1 Å². The van der Waals surface area contributed by atoms with E-state index in [2.05, 4.69) is 4.98 Å². The van der Waals surface area contributed by atoms with Crippen molar-refractivity contribution < 1.29 is 9.90 Å². The molecule has 2 aromatic rings. The minimum Gasteiger partial charge on any atom is -0.478 e. The first-order valence-corrected chi connectivity index (χ1v) is 6.27. The zero-order valence-corrected chi connectivity index (χ0v) is 10.1. The van der Waals surface area contributed by atoms with E-state index in [0.717, 1.165) is 10.5 Å². The van der Waals surface area contributed by atoms with Gasteiger partial charge < -0.3 is 5.11 Å². The molecule has 1 aromatic heterocycles. The van der Waals surface area contributed by atoms with E-state index in [9.17, 15) is 4.79 Å². The van der Waals surface area contributed by atoms with Crippen molar-refractivity contribution in [3.05, 3.63) is 48.2 Å². The summed E-state index contributed by atoms with van der Waals surface area (Å²) in [5, 5.41) is 9.11. The number of carbonyl (C=O) groups is 1. The summed E-state index contributed by atoms with van der Waals surface area (Å²) in [5.41, 5.74) is 1.57. The highest BCUT2D eigenvalue weighted by atomic mass is 32.2. The highest BCUT2D eigenvalue weighted by Gasteiger charge is 2.12. The van der Waals surface area contributed by atoms with Crippen LogP contribution in [0.25, 0.3) is 11.3 Å². The molecule has 0 atom stereocenters. The second kappa shape index (κ2) is 5.01. The highest BCUT2D eigenvalue weighted by molar-refractivity contribution is 7.98. The van der Waals surface area contributed by atoms with Crippen LogP contribution in [-0.4, -0.2) is 22.3 Å². The Hall–Kier alpha value is -1.81. The van der Waals surface area contributed by atoms with Gasteiger partial charge in [-0.2, -0.15) is 0 Å². The lowest BCUT2D eigenvalue weighted by Gasteiger charge is -2.06. The quantitative estimate of drug-likeness (QED) is 0.844. The van der Waals surface area contributed by atoms with E-state index >= 15 is 0 Å². The zero-order chi connectivity index (χ0) is 12.3. The first-order valence-electron chi connectivity index (χ1n) is 5.05. The Labute approximate surface area is 104 Å². The van der Waals surface area contributed by atoms with E-state index in [1.807, 2.05) is 30.5 Å². The molecule has 0 fully saturated rings. The van der Waals surface area contributed by atoms with Crippen molar-refractivity contribution >= 4 is 17.7 Å². The molecule has 4 heteroatoms. The molecule has 3 nitrogen and oxygen atoms in total. The van der Waals surface area contributed by atoms with E-state index in [0.29, 0.717) is 5.69 Å². The fraction of sp³-hybridized carbons (Fsp3) is 0.0769. The molecular weight excluding hydrogens is 234 g/mol. The zero-order valence-electron chi connectivity index (χ0n) is 9.25. The average Bonchev–Trinajstić information content (AvgIpc) is 2.39. The van der Waals surface area contributed by atoms with Gasteiger partial charge in [-0.1, -0.05) is 12.1 Å². The van der Waals surface area contributed by atoms with E-state index in [-0.39, 0.29) is 5.56 Å². The van der Waals surface area contributed by atoms with E-state index < -0.39 is 5.97 Å². The summed E-state index contributed by atoms with van der Waals surface area (Å²) in [6, 6.07) is 10.9. The molecular formula is C13H11NO2S. The minimum absolute atomic E-state index is 0.228. The number of rotatable bonds is 3. The van der Waals surface area contributed by atoms with E-state index in [1.165, 1.54) is 0 Å². The summed E-state index contributed by atoms with van der Waals surface area (Å²) >= 11 is 1.62. The fourth-order valence-corrected chi connectivity index (χ4v) is 2.04. The fourth-order valence-electron chi connectivity index (χ4n) is 1.58. The molecule has 1 aromatic carbocycles. The summed E-state index contributed by atoms with van der Waals surface area (Å²) in [5.74, 6) is -0.956. The van der Waals surface area contributed by atoms with Crippen molar-refractivity contribution in [2.75, 3.05) is 6.26 Å².